The first kappa shape index (κ1) is 14.4. The summed E-state index contributed by atoms with van der Waals surface area (Å²) in [5.74, 6) is -2.05. The van der Waals surface area contributed by atoms with Gasteiger partial charge in [-0.1, -0.05) is 0 Å². The van der Waals surface area contributed by atoms with Gasteiger partial charge in [-0.15, -0.1) is 0 Å². The number of hydrogen-bond donors (Lipinski definition) is 0. The van der Waals surface area contributed by atoms with Crippen LogP contribution in [0.3, 0.4) is 0 Å². The number of halogens is 3. The Kier molecular flexibility index (Phi) is 4.03. The molecule has 0 saturated carbocycles. The molecule has 0 unspecified atom stereocenters. The molecule has 0 amide bonds. The van der Waals surface area contributed by atoms with Crippen molar-refractivity contribution in [1.29, 1.82) is 0 Å². The molecule has 2 rings (SSSR count). The Labute approximate surface area is 112 Å². The number of anilines is 1. The Hall–Kier alpha value is -1.96. The summed E-state index contributed by atoms with van der Waals surface area (Å²) in [6, 6.07) is 2.11. The molecule has 8 heteroatoms. The van der Waals surface area contributed by atoms with E-state index in [0.717, 1.165) is 18.3 Å². The van der Waals surface area contributed by atoms with Crippen LogP contribution in [-0.4, -0.2) is 43.2 Å². The normalized spacial score (nSPS) is 16.1. The third-order valence-corrected chi connectivity index (χ3v) is 2.83. The number of Topliss-reactive ketones (excluding diaryl/α,β-unsaturated/α-hetero) is 1. The minimum Gasteiger partial charge on any atom is -0.378 e. The summed E-state index contributed by atoms with van der Waals surface area (Å²) in [7, 11) is 0. The first-order valence-corrected chi connectivity index (χ1v) is 5.85. The van der Waals surface area contributed by atoms with Gasteiger partial charge in [-0.05, 0) is 12.1 Å². The van der Waals surface area contributed by atoms with Gasteiger partial charge in [0.1, 0.15) is 5.69 Å². The SMILES string of the molecule is O=C(c1cccnc(=O)c1N1CCOCC1)C(F)(F)F. The maximum absolute atomic E-state index is 12.6. The molecule has 20 heavy (non-hydrogen) atoms. The van der Waals surface area contributed by atoms with E-state index in [9.17, 15) is 22.8 Å². The van der Waals surface area contributed by atoms with Crippen LogP contribution in [0.5, 0.6) is 0 Å². The van der Waals surface area contributed by atoms with Crippen molar-refractivity contribution in [2.75, 3.05) is 31.2 Å². The Morgan fingerprint density at radius 2 is 1.95 bits per heavy atom. The molecule has 0 radical (unpaired) electrons. The van der Waals surface area contributed by atoms with E-state index in [4.69, 9.17) is 4.74 Å². The van der Waals surface area contributed by atoms with E-state index in [1.807, 2.05) is 0 Å². The van der Waals surface area contributed by atoms with Gasteiger partial charge in [0.15, 0.2) is 0 Å². The van der Waals surface area contributed by atoms with Crippen LogP contribution in [0.25, 0.3) is 0 Å². The van der Waals surface area contributed by atoms with Crippen LogP contribution in [-0.2, 0) is 4.74 Å². The standard InChI is InChI=1S/C12H11F3N2O3/c13-12(14,15)10(18)8-2-1-3-16-11(19)9(8)17-4-6-20-7-5-17/h1-3H,4-7H2. The fourth-order valence-electron chi connectivity index (χ4n) is 1.93. The molecule has 1 fully saturated rings. The Morgan fingerprint density at radius 1 is 1.30 bits per heavy atom. The summed E-state index contributed by atoms with van der Waals surface area (Å²) in [6.45, 7) is 1.02. The van der Waals surface area contributed by atoms with Crippen LogP contribution in [0.4, 0.5) is 18.9 Å². The molecule has 0 N–H and O–H groups in total. The second kappa shape index (κ2) is 5.58. The maximum Gasteiger partial charge on any atom is 0.454 e. The van der Waals surface area contributed by atoms with Crippen molar-refractivity contribution < 1.29 is 22.7 Å². The molecule has 1 aromatic heterocycles. The number of ether oxygens (including phenoxy) is 1. The summed E-state index contributed by atoms with van der Waals surface area (Å²) in [6.07, 6.45) is -3.97. The highest BCUT2D eigenvalue weighted by Crippen LogP contribution is 2.26. The predicted octanol–water partition coefficient (Wildman–Crippen LogP) is 1.02. The largest absolute Gasteiger partial charge is 0.454 e. The number of carbonyl (C=O) groups is 1. The Morgan fingerprint density at radius 3 is 2.55 bits per heavy atom. The number of carbonyl (C=O) groups excluding carboxylic acids is 1. The van der Waals surface area contributed by atoms with Crippen LogP contribution in [0.2, 0.25) is 0 Å². The lowest BCUT2D eigenvalue weighted by Gasteiger charge is -2.28. The van der Waals surface area contributed by atoms with E-state index in [1.54, 1.807) is 0 Å². The number of alkyl halides is 3. The van der Waals surface area contributed by atoms with Gasteiger partial charge in [0.2, 0.25) is 0 Å². The summed E-state index contributed by atoms with van der Waals surface area (Å²) in [4.78, 5) is 28.2. The van der Waals surface area contributed by atoms with Crippen molar-refractivity contribution in [3.05, 3.63) is 34.2 Å². The average molecular weight is 288 g/mol. The lowest BCUT2D eigenvalue weighted by molar-refractivity contribution is -0.0884. The average Bonchev–Trinajstić information content (AvgIpc) is 2.59. The molecule has 0 atom stereocenters. The number of morpholine rings is 1. The number of rotatable bonds is 2. The van der Waals surface area contributed by atoms with E-state index in [2.05, 4.69) is 4.98 Å². The first-order valence-electron chi connectivity index (χ1n) is 5.85. The third-order valence-electron chi connectivity index (χ3n) is 2.83. The lowest BCUT2D eigenvalue weighted by atomic mass is 10.1. The number of ketones is 1. The zero-order valence-corrected chi connectivity index (χ0v) is 10.3. The minimum atomic E-state index is -5.04. The van der Waals surface area contributed by atoms with Gasteiger partial charge >= 0.3 is 6.18 Å². The van der Waals surface area contributed by atoms with Crippen molar-refractivity contribution in [3.63, 3.8) is 0 Å². The van der Waals surface area contributed by atoms with Crippen LogP contribution in [0.15, 0.2) is 23.1 Å². The van der Waals surface area contributed by atoms with Crippen LogP contribution in [0.1, 0.15) is 10.4 Å². The van der Waals surface area contributed by atoms with Gasteiger partial charge in [-0.2, -0.15) is 13.2 Å². The molecular weight excluding hydrogens is 277 g/mol. The fourth-order valence-corrected chi connectivity index (χ4v) is 1.93. The Bertz CT molecular complexity index is 569. The van der Waals surface area contributed by atoms with Gasteiger partial charge in [0.05, 0.1) is 18.8 Å². The van der Waals surface area contributed by atoms with E-state index in [1.165, 1.54) is 4.90 Å². The van der Waals surface area contributed by atoms with Crippen molar-refractivity contribution in [2.45, 2.75) is 6.18 Å². The highest BCUT2D eigenvalue weighted by molar-refractivity contribution is 6.04. The van der Waals surface area contributed by atoms with Crippen molar-refractivity contribution in [1.82, 2.24) is 4.98 Å². The molecule has 1 aromatic rings. The van der Waals surface area contributed by atoms with Crippen molar-refractivity contribution in [3.8, 4) is 0 Å². The van der Waals surface area contributed by atoms with E-state index < -0.39 is 23.1 Å². The molecule has 1 aliphatic heterocycles. The first-order chi connectivity index (χ1) is 9.41. The Balaban J connectivity index is 2.56. The van der Waals surface area contributed by atoms with E-state index in [-0.39, 0.29) is 32.0 Å². The second-order valence-corrected chi connectivity index (χ2v) is 4.13. The quantitative estimate of drug-likeness (QED) is 0.761. The molecule has 1 saturated heterocycles. The molecular formula is C12H11F3N2O3. The molecule has 1 aliphatic rings. The van der Waals surface area contributed by atoms with Crippen molar-refractivity contribution in [2.24, 2.45) is 0 Å². The summed E-state index contributed by atoms with van der Waals surface area (Å²) in [5, 5.41) is 0. The molecule has 0 spiro atoms. The lowest BCUT2D eigenvalue weighted by Crippen LogP contribution is -2.40. The van der Waals surface area contributed by atoms with Gasteiger partial charge in [-0.3, -0.25) is 9.59 Å². The minimum absolute atomic E-state index is 0.235. The smallest absolute Gasteiger partial charge is 0.378 e. The zero-order chi connectivity index (χ0) is 14.8. The molecule has 108 valence electrons. The van der Waals surface area contributed by atoms with Gasteiger partial charge in [0.25, 0.3) is 11.3 Å². The molecule has 0 bridgehead atoms. The van der Waals surface area contributed by atoms with Crippen LogP contribution >= 0.6 is 0 Å². The van der Waals surface area contributed by atoms with Crippen LogP contribution in [0, 0.1) is 0 Å². The van der Waals surface area contributed by atoms with E-state index in [0.29, 0.717) is 0 Å². The topological polar surface area (TPSA) is 59.5 Å². The van der Waals surface area contributed by atoms with Crippen LogP contribution < -0.4 is 10.5 Å². The molecule has 0 aromatic carbocycles. The maximum atomic E-state index is 12.6. The molecule has 0 aliphatic carbocycles. The summed E-state index contributed by atoms with van der Waals surface area (Å²) >= 11 is 0. The third kappa shape index (κ3) is 2.96. The summed E-state index contributed by atoms with van der Waals surface area (Å²) < 4.78 is 42.9. The fraction of sp³-hybridized carbons (Fsp3) is 0.417. The predicted molar refractivity (Wildman–Crippen MR) is 63.9 cm³/mol. The zero-order valence-electron chi connectivity index (χ0n) is 10.3. The second-order valence-electron chi connectivity index (χ2n) is 4.13. The number of nitrogens with zero attached hydrogens (tertiary/aromatic N) is 2. The highest BCUT2D eigenvalue weighted by Gasteiger charge is 2.41. The number of hydrogen-bond acceptors (Lipinski definition) is 5. The highest BCUT2D eigenvalue weighted by atomic mass is 19.4. The van der Waals surface area contributed by atoms with Gasteiger partial charge in [-0.25, -0.2) is 4.98 Å². The molecule has 2 heterocycles. The molecule has 5 nitrogen and oxygen atoms in total. The number of aromatic nitrogens is 1. The van der Waals surface area contributed by atoms with Crippen molar-refractivity contribution >= 4 is 11.5 Å². The van der Waals surface area contributed by atoms with Gasteiger partial charge in [0, 0.05) is 19.3 Å². The monoisotopic (exact) mass is 288 g/mol. The van der Waals surface area contributed by atoms with Gasteiger partial charge < -0.3 is 9.64 Å². The van der Waals surface area contributed by atoms with E-state index >= 15 is 0 Å². The summed E-state index contributed by atoms with van der Waals surface area (Å²) in [5.41, 5.74) is -1.85.